The maximum atomic E-state index is 13.2. The van der Waals surface area contributed by atoms with Gasteiger partial charge >= 0.3 is 0 Å². The van der Waals surface area contributed by atoms with Gasteiger partial charge in [-0.05, 0) is 30.0 Å². The van der Waals surface area contributed by atoms with E-state index in [4.69, 9.17) is 0 Å². The molecule has 2 heterocycles. The topological polar surface area (TPSA) is 62.0 Å². The fourth-order valence-electron chi connectivity index (χ4n) is 4.25. The molecule has 4 heteroatoms. The van der Waals surface area contributed by atoms with E-state index in [2.05, 4.69) is 23.3 Å². The van der Waals surface area contributed by atoms with Crippen molar-refractivity contribution in [2.24, 2.45) is 11.8 Å². The molecule has 0 bridgehead atoms. The van der Waals surface area contributed by atoms with Gasteiger partial charge in [0.1, 0.15) is 5.92 Å². The summed E-state index contributed by atoms with van der Waals surface area (Å²) in [5.74, 6) is -1.15. The molecule has 138 valence electrons. The van der Waals surface area contributed by atoms with Crippen molar-refractivity contribution >= 4 is 22.6 Å². The molecule has 1 aromatic heterocycles. The Kier molecular flexibility index (Phi) is 4.34. The van der Waals surface area contributed by atoms with Gasteiger partial charge in [-0.25, -0.2) is 0 Å². The predicted molar refractivity (Wildman–Crippen MR) is 107 cm³/mol. The molecule has 4 nitrogen and oxygen atoms in total. The maximum absolute atomic E-state index is 13.2. The van der Waals surface area contributed by atoms with Crippen LogP contribution in [0, 0.1) is 18.8 Å². The zero-order valence-corrected chi connectivity index (χ0v) is 15.8. The number of fused-ring (bicyclic) bond motifs is 1. The quantitative estimate of drug-likeness (QED) is 0.692. The second kappa shape index (κ2) is 6.69. The van der Waals surface area contributed by atoms with Crippen LogP contribution >= 0.6 is 0 Å². The van der Waals surface area contributed by atoms with Gasteiger partial charge in [0, 0.05) is 22.5 Å². The Hall–Kier alpha value is -2.88. The molecule has 1 saturated heterocycles. The smallest absolute Gasteiger partial charge is 0.232 e. The summed E-state index contributed by atoms with van der Waals surface area (Å²) in [7, 11) is 0. The predicted octanol–water partition coefficient (Wildman–Crippen LogP) is 3.95. The molecule has 1 aliphatic heterocycles. The molecule has 1 amide bonds. The summed E-state index contributed by atoms with van der Waals surface area (Å²) < 4.78 is 0. The summed E-state index contributed by atoms with van der Waals surface area (Å²) in [5, 5.41) is 4.05. The first-order valence-electron chi connectivity index (χ1n) is 9.45. The van der Waals surface area contributed by atoms with E-state index in [1.54, 1.807) is 0 Å². The van der Waals surface area contributed by atoms with Crippen molar-refractivity contribution < 1.29 is 9.59 Å². The minimum atomic E-state index is -0.716. The third kappa shape index (κ3) is 2.85. The third-order valence-electron chi connectivity index (χ3n) is 5.67. The van der Waals surface area contributed by atoms with Gasteiger partial charge in [-0.1, -0.05) is 62.4 Å². The van der Waals surface area contributed by atoms with Gasteiger partial charge in [-0.15, -0.1) is 0 Å². The maximum Gasteiger partial charge on any atom is 0.232 e. The number of Topliss-reactive ketones (excluding diaryl/α,β-unsaturated/α-hetero) is 1. The van der Waals surface area contributed by atoms with E-state index in [0.717, 1.165) is 27.7 Å². The Labute approximate surface area is 159 Å². The van der Waals surface area contributed by atoms with Gasteiger partial charge in [0.25, 0.3) is 0 Å². The molecule has 2 aromatic carbocycles. The zero-order valence-electron chi connectivity index (χ0n) is 15.8. The molecule has 4 rings (SSSR count). The molecule has 3 aromatic rings. The molecule has 3 unspecified atom stereocenters. The summed E-state index contributed by atoms with van der Waals surface area (Å²) in [5.41, 5.74) is 4.04. The first kappa shape index (κ1) is 17.5. The van der Waals surface area contributed by atoms with Crippen LogP contribution < -0.4 is 5.32 Å². The highest BCUT2D eigenvalue weighted by Crippen LogP contribution is 2.39. The Morgan fingerprint density at radius 3 is 2.22 bits per heavy atom. The summed E-state index contributed by atoms with van der Waals surface area (Å²) in [6.45, 7) is 6.00. The molecular weight excluding hydrogens is 336 g/mol. The number of nitrogens with one attached hydrogen (secondary N) is 2. The van der Waals surface area contributed by atoms with Gasteiger partial charge in [0.05, 0.1) is 6.04 Å². The van der Waals surface area contributed by atoms with Crippen molar-refractivity contribution in [1.29, 1.82) is 0 Å². The lowest BCUT2D eigenvalue weighted by atomic mass is 9.79. The number of amides is 1. The summed E-state index contributed by atoms with van der Waals surface area (Å²) in [6, 6.07) is 17.5. The SMILES string of the molecule is Cc1c(C(c2ccccc2)C2C(=O)NC(C(C)C)C2=O)[nH]c2ccccc12. The number of benzene rings is 2. The van der Waals surface area contributed by atoms with Gasteiger partial charge in [0.15, 0.2) is 5.78 Å². The number of hydrogen-bond donors (Lipinski definition) is 2. The van der Waals surface area contributed by atoms with Crippen molar-refractivity contribution in [3.63, 3.8) is 0 Å². The molecule has 0 spiro atoms. The highest BCUT2D eigenvalue weighted by Gasteiger charge is 2.48. The number of ketones is 1. The van der Waals surface area contributed by atoms with Gasteiger partial charge in [-0.2, -0.15) is 0 Å². The largest absolute Gasteiger partial charge is 0.358 e. The average Bonchev–Trinajstić information content (AvgIpc) is 3.15. The highest BCUT2D eigenvalue weighted by atomic mass is 16.2. The first-order valence-corrected chi connectivity index (χ1v) is 9.45. The fraction of sp³-hybridized carbons (Fsp3) is 0.304. The third-order valence-corrected chi connectivity index (χ3v) is 5.67. The Balaban J connectivity index is 1.89. The van der Waals surface area contributed by atoms with E-state index >= 15 is 0 Å². The second-order valence-corrected chi connectivity index (χ2v) is 7.71. The van der Waals surface area contributed by atoms with Crippen LogP contribution in [0.5, 0.6) is 0 Å². The fourth-order valence-corrected chi connectivity index (χ4v) is 4.25. The van der Waals surface area contributed by atoms with Crippen molar-refractivity contribution in [2.75, 3.05) is 0 Å². The van der Waals surface area contributed by atoms with Crippen LogP contribution in [0.4, 0.5) is 0 Å². The van der Waals surface area contributed by atoms with E-state index < -0.39 is 12.0 Å². The van der Waals surface area contributed by atoms with E-state index in [9.17, 15) is 9.59 Å². The van der Waals surface area contributed by atoms with E-state index in [1.165, 1.54) is 0 Å². The van der Waals surface area contributed by atoms with Crippen molar-refractivity contribution in [3.05, 3.63) is 71.4 Å². The minimum Gasteiger partial charge on any atom is -0.358 e. The molecular formula is C23H24N2O2. The van der Waals surface area contributed by atoms with Crippen LogP contribution in [0.15, 0.2) is 54.6 Å². The molecule has 3 atom stereocenters. The van der Waals surface area contributed by atoms with E-state index in [0.29, 0.717) is 0 Å². The van der Waals surface area contributed by atoms with Crippen molar-refractivity contribution in [2.45, 2.75) is 32.7 Å². The Morgan fingerprint density at radius 1 is 0.926 bits per heavy atom. The monoisotopic (exact) mass is 360 g/mol. The Bertz CT molecular complexity index is 1000. The summed E-state index contributed by atoms with van der Waals surface area (Å²) in [6.07, 6.45) is 0. The van der Waals surface area contributed by atoms with E-state index in [-0.39, 0.29) is 23.5 Å². The molecule has 1 fully saturated rings. The summed E-state index contributed by atoms with van der Waals surface area (Å²) >= 11 is 0. The van der Waals surface area contributed by atoms with Crippen molar-refractivity contribution in [3.8, 4) is 0 Å². The molecule has 1 aliphatic rings. The van der Waals surface area contributed by atoms with Crippen molar-refractivity contribution in [1.82, 2.24) is 10.3 Å². The van der Waals surface area contributed by atoms with Crippen LogP contribution in [-0.2, 0) is 9.59 Å². The van der Waals surface area contributed by atoms with Gasteiger partial charge in [-0.3, -0.25) is 9.59 Å². The number of rotatable bonds is 4. The van der Waals surface area contributed by atoms with Crippen LogP contribution in [0.3, 0.4) is 0 Å². The molecule has 0 aliphatic carbocycles. The van der Waals surface area contributed by atoms with Crippen LogP contribution in [0.2, 0.25) is 0 Å². The molecule has 27 heavy (non-hydrogen) atoms. The lowest BCUT2D eigenvalue weighted by Crippen LogP contribution is -2.34. The number of aromatic nitrogens is 1. The lowest BCUT2D eigenvalue weighted by molar-refractivity contribution is -0.128. The highest BCUT2D eigenvalue weighted by molar-refractivity contribution is 6.11. The number of carbonyl (C=O) groups is 2. The minimum absolute atomic E-state index is 0.0121. The van der Waals surface area contributed by atoms with Gasteiger partial charge in [0.2, 0.25) is 5.91 Å². The van der Waals surface area contributed by atoms with Crippen LogP contribution in [0.1, 0.15) is 36.6 Å². The average molecular weight is 360 g/mol. The number of para-hydroxylation sites is 1. The molecule has 0 saturated carbocycles. The number of aryl methyl sites for hydroxylation is 1. The summed E-state index contributed by atoms with van der Waals surface area (Å²) in [4.78, 5) is 29.5. The number of aromatic amines is 1. The normalized spacial score (nSPS) is 21.0. The number of carbonyl (C=O) groups excluding carboxylic acids is 2. The van der Waals surface area contributed by atoms with Gasteiger partial charge < -0.3 is 10.3 Å². The lowest BCUT2D eigenvalue weighted by Gasteiger charge is -2.22. The number of H-pyrrole nitrogens is 1. The first-order chi connectivity index (χ1) is 13.0. The van der Waals surface area contributed by atoms with E-state index in [1.807, 2.05) is 62.4 Å². The second-order valence-electron chi connectivity index (χ2n) is 7.71. The molecule has 2 N–H and O–H groups in total. The zero-order chi connectivity index (χ0) is 19.1. The standard InChI is InChI=1S/C23H24N2O2/c1-13(2)20-22(26)19(23(27)25-20)18(15-9-5-4-6-10-15)21-14(3)16-11-7-8-12-17(16)24-21/h4-13,18-20,24H,1-3H3,(H,25,27). The molecule has 0 radical (unpaired) electrons. The number of hydrogen-bond acceptors (Lipinski definition) is 2. The van der Waals surface area contributed by atoms with Crippen LogP contribution in [0.25, 0.3) is 10.9 Å². The van der Waals surface area contributed by atoms with Crippen LogP contribution in [-0.4, -0.2) is 22.7 Å². The Morgan fingerprint density at radius 2 is 1.59 bits per heavy atom.